The minimum Gasteiger partial charge on any atom is -0.491 e. The third-order valence-corrected chi connectivity index (χ3v) is 11.3. The van der Waals surface area contributed by atoms with Crippen LogP contribution in [-0.2, 0) is 32.1 Å². The Morgan fingerprint density at radius 3 is 2.61 bits per heavy atom. The van der Waals surface area contributed by atoms with Crippen LogP contribution in [0.2, 0.25) is 0 Å². The molecule has 1 atom stereocenters. The first-order valence-electron chi connectivity index (χ1n) is 18.7. The average Bonchev–Trinajstić information content (AvgIpc) is 3.77. The van der Waals surface area contributed by atoms with Crippen molar-refractivity contribution in [3.63, 3.8) is 0 Å². The smallest absolute Gasteiger partial charge is 0.280 e. The minimum absolute atomic E-state index is 0.0535. The van der Waals surface area contributed by atoms with Crippen LogP contribution in [0.25, 0.3) is 11.3 Å². The molecular formula is C41H40N6O8S. The summed E-state index contributed by atoms with van der Waals surface area (Å²) < 4.78 is 11.6. The number of carbonyl (C=O) groups is 6. The van der Waals surface area contributed by atoms with Gasteiger partial charge < -0.3 is 25.0 Å². The van der Waals surface area contributed by atoms with Crippen LogP contribution in [0.3, 0.4) is 0 Å². The van der Waals surface area contributed by atoms with Gasteiger partial charge in [0.15, 0.2) is 5.01 Å². The van der Waals surface area contributed by atoms with Crippen molar-refractivity contribution in [3.05, 3.63) is 92.8 Å². The molecule has 1 unspecified atom stereocenters. The highest BCUT2D eigenvalue weighted by Crippen LogP contribution is 2.39. The molecule has 3 aromatic carbocycles. The lowest BCUT2D eigenvalue weighted by atomic mass is 10.0. The van der Waals surface area contributed by atoms with Gasteiger partial charge >= 0.3 is 0 Å². The van der Waals surface area contributed by atoms with Crippen molar-refractivity contribution >= 4 is 58.2 Å². The number of benzene rings is 3. The minimum atomic E-state index is -1.03. The van der Waals surface area contributed by atoms with Gasteiger partial charge in [-0.15, -0.1) is 11.3 Å². The fraction of sp³-hybridized carbons (Fsp3) is 0.341. The normalized spacial score (nSPS) is 17.5. The molecule has 56 heavy (non-hydrogen) atoms. The molecule has 3 N–H and O–H groups in total. The van der Waals surface area contributed by atoms with Crippen LogP contribution in [0, 0.1) is 12.8 Å². The van der Waals surface area contributed by atoms with Gasteiger partial charge in [0.05, 0.1) is 30.0 Å². The predicted molar refractivity (Wildman–Crippen MR) is 207 cm³/mol. The molecule has 4 heterocycles. The maximum Gasteiger partial charge on any atom is 0.280 e. The Bertz CT molecular complexity index is 2270. The summed E-state index contributed by atoms with van der Waals surface area (Å²) in [5.74, 6) is -1.44. The number of fused-ring (bicyclic) bond motifs is 2. The van der Waals surface area contributed by atoms with E-state index in [4.69, 9.17) is 14.5 Å². The number of thiazole rings is 1. The van der Waals surface area contributed by atoms with Gasteiger partial charge in [0, 0.05) is 53.8 Å². The van der Waals surface area contributed by atoms with Crippen molar-refractivity contribution in [2.45, 2.75) is 51.6 Å². The van der Waals surface area contributed by atoms with Crippen LogP contribution in [0.5, 0.6) is 5.75 Å². The number of imide groups is 2. The number of hydrogen-bond donors (Lipinski definition) is 3. The van der Waals surface area contributed by atoms with Crippen LogP contribution in [0.1, 0.15) is 72.2 Å². The maximum atomic E-state index is 13.3. The molecule has 15 heteroatoms. The number of carbonyl (C=O) groups excluding carboxylic acids is 6. The zero-order chi connectivity index (χ0) is 38.9. The van der Waals surface area contributed by atoms with Gasteiger partial charge in [-0.2, -0.15) is 0 Å². The van der Waals surface area contributed by atoms with Gasteiger partial charge in [-0.3, -0.25) is 39.0 Å². The van der Waals surface area contributed by atoms with Crippen molar-refractivity contribution in [2.24, 2.45) is 5.92 Å². The molecule has 8 rings (SSSR count). The van der Waals surface area contributed by atoms with Crippen LogP contribution in [-0.4, -0.2) is 84.3 Å². The molecule has 0 radical (unpaired) electrons. The molecule has 4 aromatic rings. The molecule has 1 aliphatic carbocycles. The van der Waals surface area contributed by atoms with Crippen LogP contribution in [0.15, 0.2) is 60.7 Å². The number of aryl methyl sites for hydroxylation is 1. The molecule has 3 aliphatic heterocycles. The number of hydrogen-bond acceptors (Lipinski definition) is 11. The van der Waals surface area contributed by atoms with Gasteiger partial charge in [-0.1, -0.05) is 24.3 Å². The number of anilines is 2. The first kappa shape index (κ1) is 37.0. The highest BCUT2D eigenvalue weighted by molar-refractivity contribution is 7.14. The number of rotatable bonds is 14. The Morgan fingerprint density at radius 1 is 0.946 bits per heavy atom. The van der Waals surface area contributed by atoms with E-state index < -0.39 is 29.7 Å². The molecule has 0 bridgehead atoms. The third kappa shape index (κ3) is 7.51. The van der Waals surface area contributed by atoms with E-state index in [-0.39, 0.29) is 48.3 Å². The lowest BCUT2D eigenvalue weighted by Crippen LogP contribution is -2.54. The van der Waals surface area contributed by atoms with E-state index in [1.807, 2.05) is 48.2 Å². The van der Waals surface area contributed by atoms with Crippen LogP contribution >= 0.6 is 11.3 Å². The molecular weight excluding hydrogens is 737 g/mol. The van der Waals surface area contributed by atoms with E-state index in [1.165, 1.54) is 11.3 Å². The Balaban J connectivity index is 0.775. The quantitative estimate of drug-likeness (QED) is 0.124. The monoisotopic (exact) mass is 776 g/mol. The summed E-state index contributed by atoms with van der Waals surface area (Å²) in [5.41, 5.74) is 5.55. The largest absolute Gasteiger partial charge is 0.491 e. The van der Waals surface area contributed by atoms with E-state index >= 15 is 0 Å². The van der Waals surface area contributed by atoms with Crippen molar-refractivity contribution in [2.75, 3.05) is 43.1 Å². The van der Waals surface area contributed by atoms with Crippen molar-refractivity contribution in [1.82, 2.24) is 20.5 Å². The standard InChI is InChI=1S/C41H40N6O8S/c1-23-35(27-10-11-31-26(21-27)14-16-46(31)39(51)25-8-9-25)45-38(56-23)37(50)43-22-24-4-2-5-28(20-24)55-19-18-54-17-15-42-30-7-3-6-29-34(30)41(53)47(40(29)52)32-12-13-33(48)44-36(32)49/h2-7,10-11,20-21,25,32,42H,8-9,12-19,22H2,1H3,(H,43,50)(H,44,48,49). The van der Waals surface area contributed by atoms with E-state index in [0.29, 0.717) is 49.3 Å². The summed E-state index contributed by atoms with van der Waals surface area (Å²) >= 11 is 1.35. The Morgan fingerprint density at radius 2 is 1.79 bits per heavy atom. The lowest BCUT2D eigenvalue weighted by Gasteiger charge is -2.27. The van der Waals surface area contributed by atoms with E-state index in [0.717, 1.165) is 57.1 Å². The summed E-state index contributed by atoms with van der Waals surface area (Å²) in [6.07, 6.45) is 2.92. The SMILES string of the molecule is Cc1sc(C(=O)NCc2cccc(OCCOCCNc3cccc4c3C(=O)N(C3CCC(=O)NC3=O)C4=O)c2)nc1-c1ccc2c(c1)CCN2C(=O)C1CC1. The fourth-order valence-corrected chi connectivity index (χ4v) is 8.19. The maximum absolute atomic E-state index is 13.3. The molecule has 4 aliphatic rings. The molecule has 0 spiro atoms. The van der Waals surface area contributed by atoms with Gasteiger partial charge in [-0.25, -0.2) is 4.98 Å². The van der Waals surface area contributed by atoms with Crippen LogP contribution in [0.4, 0.5) is 11.4 Å². The van der Waals surface area contributed by atoms with Gasteiger partial charge in [0.2, 0.25) is 17.7 Å². The molecule has 1 saturated heterocycles. The molecule has 1 saturated carbocycles. The summed E-state index contributed by atoms with van der Waals surface area (Å²) in [4.78, 5) is 84.6. The number of aromatic nitrogens is 1. The molecule has 2 fully saturated rings. The van der Waals surface area contributed by atoms with Gasteiger partial charge in [0.1, 0.15) is 18.4 Å². The molecule has 6 amide bonds. The Hall–Kier alpha value is -5.93. The zero-order valence-electron chi connectivity index (χ0n) is 30.7. The molecule has 1 aromatic heterocycles. The first-order chi connectivity index (χ1) is 27.2. The summed E-state index contributed by atoms with van der Waals surface area (Å²) in [5, 5.41) is 8.70. The van der Waals surface area contributed by atoms with E-state index in [1.54, 1.807) is 18.2 Å². The predicted octanol–water partition coefficient (Wildman–Crippen LogP) is 4.26. The highest BCUT2D eigenvalue weighted by atomic mass is 32.1. The summed E-state index contributed by atoms with van der Waals surface area (Å²) in [6, 6.07) is 17.4. The number of nitrogens with one attached hydrogen (secondary N) is 3. The van der Waals surface area contributed by atoms with E-state index in [2.05, 4.69) is 22.0 Å². The second kappa shape index (κ2) is 15.7. The van der Waals surface area contributed by atoms with Crippen molar-refractivity contribution < 1.29 is 38.2 Å². The first-order valence-corrected chi connectivity index (χ1v) is 19.6. The Labute approximate surface area is 326 Å². The Kier molecular flexibility index (Phi) is 10.4. The van der Waals surface area contributed by atoms with Crippen molar-refractivity contribution in [1.29, 1.82) is 0 Å². The van der Waals surface area contributed by atoms with Gasteiger partial charge in [-0.05, 0) is 80.1 Å². The van der Waals surface area contributed by atoms with E-state index in [9.17, 15) is 28.8 Å². The lowest BCUT2D eigenvalue weighted by molar-refractivity contribution is -0.136. The number of piperidine rings is 1. The summed E-state index contributed by atoms with van der Waals surface area (Å²) in [6.45, 7) is 4.18. The van der Waals surface area contributed by atoms with Gasteiger partial charge in [0.25, 0.3) is 17.7 Å². The third-order valence-electron chi connectivity index (χ3n) is 10.3. The summed E-state index contributed by atoms with van der Waals surface area (Å²) in [7, 11) is 0. The van der Waals surface area contributed by atoms with Crippen LogP contribution < -0.4 is 25.6 Å². The molecule has 288 valence electrons. The number of nitrogens with zero attached hydrogens (tertiary/aromatic N) is 3. The highest BCUT2D eigenvalue weighted by Gasteiger charge is 2.45. The second-order valence-electron chi connectivity index (χ2n) is 14.2. The molecule has 14 nitrogen and oxygen atoms in total. The number of ether oxygens (including phenoxy) is 2. The second-order valence-corrected chi connectivity index (χ2v) is 15.4. The fourth-order valence-electron chi connectivity index (χ4n) is 7.33. The average molecular weight is 777 g/mol. The number of amides is 6. The van der Waals surface area contributed by atoms with Crippen molar-refractivity contribution in [3.8, 4) is 17.0 Å². The topological polar surface area (TPSA) is 176 Å². The zero-order valence-corrected chi connectivity index (χ0v) is 31.5.